The SMILES string of the molecule is CC(C(N)=O)c1c(F)c(F)c(C(F)(F)F)c(F)c1F. The standard InChI is InChI=1S/C10H6F7NO/c1-2(9(18)19)3-5(11)7(13)4(10(15,16)17)8(14)6(3)12/h2H,1H3,(H2,18,19). The highest BCUT2D eigenvalue weighted by molar-refractivity contribution is 5.81. The molecule has 1 aromatic rings. The van der Waals surface area contributed by atoms with E-state index in [4.69, 9.17) is 5.73 Å². The van der Waals surface area contributed by atoms with E-state index in [9.17, 15) is 35.5 Å². The van der Waals surface area contributed by atoms with E-state index in [1.54, 1.807) is 0 Å². The van der Waals surface area contributed by atoms with E-state index < -0.39 is 52.4 Å². The predicted molar refractivity (Wildman–Crippen MR) is 48.9 cm³/mol. The number of halogens is 7. The molecule has 2 N–H and O–H groups in total. The number of benzene rings is 1. The molecule has 0 saturated carbocycles. The van der Waals surface area contributed by atoms with Crippen LogP contribution in [-0.2, 0) is 11.0 Å². The second-order valence-corrected chi connectivity index (χ2v) is 3.67. The molecule has 0 aliphatic heterocycles. The predicted octanol–water partition coefficient (Wildman–Crippen LogP) is 2.85. The van der Waals surface area contributed by atoms with E-state index in [2.05, 4.69) is 0 Å². The first-order valence-electron chi connectivity index (χ1n) is 4.72. The molecule has 0 heterocycles. The average molecular weight is 289 g/mol. The number of hydrogen-bond acceptors (Lipinski definition) is 1. The topological polar surface area (TPSA) is 43.1 Å². The molecule has 19 heavy (non-hydrogen) atoms. The molecular formula is C10H6F7NO. The van der Waals surface area contributed by atoms with Gasteiger partial charge in [-0.25, -0.2) is 17.6 Å². The number of alkyl halides is 3. The zero-order valence-corrected chi connectivity index (χ0v) is 9.21. The minimum Gasteiger partial charge on any atom is -0.369 e. The van der Waals surface area contributed by atoms with Crippen LogP contribution in [0.4, 0.5) is 30.7 Å². The summed E-state index contributed by atoms with van der Waals surface area (Å²) in [5.74, 6) is -13.0. The lowest BCUT2D eigenvalue weighted by Gasteiger charge is -2.16. The number of amides is 1. The highest BCUT2D eigenvalue weighted by Gasteiger charge is 2.43. The summed E-state index contributed by atoms with van der Waals surface area (Å²) in [6.45, 7) is 0.802. The van der Waals surface area contributed by atoms with Gasteiger partial charge in [0.2, 0.25) is 5.91 Å². The molecule has 0 saturated heterocycles. The monoisotopic (exact) mass is 289 g/mol. The fourth-order valence-electron chi connectivity index (χ4n) is 1.42. The summed E-state index contributed by atoms with van der Waals surface area (Å²) in [7, 11) is 0. The van der Waals surface area contributed by atoms with E-state index >= 15 is 0 Å². The first kappa shape index (κ1) is 15.3. The van der Waals surface area contributed by atoms with E-state index in [1.165, 1.54) is 0 Å². The third kappa shape index (κ3) is 2.49. The number of carbonyl (C=O) groups excluding carboxylic acids is 1. The second kappa shape index (κ2) is 4.71. The van der Waals surface area contributed by atoms with Gasteiger partial charge in [-0.05, 0) is 6.92 Å². The Labute approximate surface area is 102 Å². The van der Waals surface area contributed by atoms with Gasteiger partial charge in [-0.3, -0.25) is 4.79 Å². The molecule has 1 rings (SSSR count). The minimum atomic E-state index is -5.62. The zero-order chi connectivity index (χ0) is 15.1. The van der Waals surface area contributed by atoms with Gasteiger partial charge >= 0.3 is 6.18 Å². The van der Waals surface area contributed by atoms with E-state index in [0.29, 0.717) is 0 Å². The van der Waals surface area contributed by atoms with Crippen LogP contribution in [-0.4, -0.2) is 5.91 Å². The van der Waals surface area contributed by atoms with Crippen LogP contribution >= 0.6 is 0 Å². The normalized spacial score (nSPS) is 13.5. The van der Waals surface area contributed by atoms with Crippen molar-refractivity contribution < 1.29 is 35.5 Å². The maximum atomic E-state index is 13.4. The Morgan fingerprint density at radius 3 is 1.63 bits per heavy atom. The van der Waals surface area contributed by atoms with Crippen LogP contribution in [0.2, 0.25) is 0 Å². The van der Waals surface area contributed by atoms with Crippen LogP contribution in [0.5, 0.6) is 0 Å². The summed E-state index contributed by atoms with van der Waals surface area (Å²) in [6, 6.07) is 0. The summed E-state index contributed by atoms with van der Waals surface area (Å²) in [4.78, 5) is 10.7. The molecule has 2 nitrogen and oxygen atoms in total. The lowest BCUT2D eigenvalue weighted by atomic mass is 9.96. The van der Waals surface area contributed by atoms with Gasteiger partial charge in [-0.2, -0.15) is 13.2 Å². The molecule has 0 bridgehead atoms. The fourth-order valence-corrected chi connectivity index (χ4v) is 1.42. The average Bonchev–Trinajstić information content (AvgIpc) is 2.24. The van der Waals surface area contributed by atoms with Gasteiger partial charge < -0.3 is 5.73 Å². The summed E-state index contributed by atoms with van der Waals surface area (Å²) < 4.78 is 89.8. The lowest BCUT2D eigenvalue weighted by molar-refractivity contribution is -0.143. The van der Waals surface area contributed by atoms with Crippen LogP contribution in [0.1, 0.15) is 24.0 Å². The smallest absolute Gasteiger partial charge is 0.369 e. The highest BCUT2D eigenvalue weighted by atomic mass is 19.4. The Morgan fingerprint density at radius 1 is 1.00 bits per heavy atom. The van der Waals surface area contributed by atoms with Crippen molar-refractivity contribution in [2.45, 2.75) is 19.0 Å². The molecule has 0 radical (unpaired) electrons. The molecule has 0 aliphatic rings. The van der Waals surface area contributed by atoms with Gasteiger partial charge in [-0.15, -0.1) is 0 Å². The third-order valence-electron chi connectivity index (χ3n) is 2.44. The summed E-state index contributed by atoms with van der Waals surface area (Å²) in [6.07, 6.45) is -5.62. The number of primary amides is 1. The van der Waals surface area contributed by atoms with Gasteiger partial charge in [0.25, 0.3) is 0 Å². The highest BCUT2D eigenvalue weighted by Crippen LogP contribution is 2.38. The van der Waals surface area contributed by atoms with Gasteiger partial charge in [0.15, 0.2) is 23.3 Å². The Hall–Kier alpha value is -1.80. The quantitative estimate of drug-likeness (QED) is 0.660. The Balaban J connectivity index is 3.71. The molecule has 1 atom stereocenters. The van der Waals surface area contributed by atoms with Gasteiger partial charge in [0.05, 0.1) is 5.92 Å². The van der Waals surface area contributed by atoms with Gasteiger partial charge in [-0.1, -0.05) is 0 Å². The maximum absolute atomic E-state index is 13.4. The van der Waals surface area contributed by atoms with Crippen molar-refractivity contribution in [3.05, 3.63) is 34.4 Å². The van der Waals surface area contributed by atoms with Gasteiger partial charge in [0.1, 0.15) is 5.56 Å². The molecule has 1 unspecified atom stereocenters. The summed E-state index contributed by atoms with van der Waals surface area (Å²) in [5.41, 5.74) is 0.522. The number of rotatable bonds is 2. The van der Waals surface area contributed by atoms with Crippen molar-refractivity contribution in [3.8, 4) is 0 Å². The van der Waals surface area contributed by atoms with Crippen molar-refractivity contribution in [1.29, 1.82) is 0 Å². The Kier molecular flexibility index (Phi) is 3.78. The molecule has 1 aromatic carbocycles. The number of nitrogens with two attached hydrogens (primary N) is 1. The van der Waals surface area contributed by atoms with Crippen LogP contribution in [0.15, 0.2) is 0 Å². The van der Waals surface area contributed by atoms with E-state index in [0.717, 1.165) is 6.92 Å². The summed E-state index contributed by atoms with van der Waals surface area (Å²) >= 11 is 0. The summed E-state index contributed by atoms with van der Waals surface area (Å²) in [5, 5.41) is 0. The molecule has 0 aromatic heterocycles. The number of hydrogen-bond donors (Lipinski definition) is 1. The van der Waals surface area contributed by atoms with Crippen molar-refractivity contribution in [2.24, 2.45) is 5.73 Å². The first-order chi connectivity index (χ1) is 8.50. The second-order valence-electron chi connectivity index (χ2n) is 3.67. The molecular weight excluding hydrogens is 283 g/mol. The van der Waals surface area contributed by atoms with Crippen molar-refractivity contribution in [3.63, 3.8) is 0 Å². The number of carbonyl (C=O) groups is 1. The lowest BCUT2D eigenvalue weighted by Crippen LogP contribution is -2.24. The largest absolute Gasteiger partial charge is 0.422 e. The Bertz CT molecular complexity index is 509. The molecule has 0 aliphatic carbocycles. The maximum Gasteiger partial charge on any atom is 0.422 e. The van der Waals surface area contributed by atoms with Crippen molar-refractivity contribution in [1.82, 2.24) is 0 Å². The van der Waals surface area contributed by atoms with Crippen molar-refractivity contribution in [2.75, 3.05) is 0 Å². The first-order valence-corrected chi connectivity index (χ1v) is 4.72. The fraction of sp³-hybridized carbons (Fsp3) is 0.300. The Morgan fingerprint density at radius 2 is 1.37 bits per heavy atom. The van der Waals surface area contributed by atoms with E-state index in [-0.39, 0.29) is 0 Å². The third-order valence-corrected chi connectivity index (χ3v) is 2.44. The van der Waals surface area contributed by atoms with Gasteiger partial charge in [0, 0.05) is 5.56 Å². The van der Waals surface area contributed by atoms with E-state index in [1.807, 2.05) is 0 Å². The molecule has 9 heteroatoms. The van der Waals surface area contributed by atoms with Crippen LogP contribution in [0, 0.1) is 23.3 Å². The van der Waals surface area contributed by atoms with Crippen LogP contribution in [0.25, 0.3) is 0 Å². The van der Waals surface area contributed by atoms with Crippen molar-refractivity contribution >= 4 is 5.91 Å². The van der Waals surface area contributed by atoms with Crippen LogP contribution in [0.3, 0.4) is 0 Å². The zero-order valence-electron chi connectivity index (χ0n) is 9.21. The molecule has 0 spiro atoms. The molecule has 0 fully saturated rings. The minimum absolute atomic E-state index is 0.802. The molecule has 106 valence electrons. The van der Waals surface area contributed by atoms with Crippen LogP contribution < -0.4 is 5.73 Å². The molecule has 1 amide bonds.